The number of hydrogen-bond acceptors (Lipinski definition) is 6. The van der Waals surface area contributed by atoms with E-state index in [0.717, 1.165) is 58.6 Å². The highest BCUT2D eigenvalue weighted by Crippen LogP contribution is 2.31. The molecule has 1 aliphatic heterocycles. The normalized spacial score (nSPS) is 16.5. The number of amides is 1. The molecule has 0 fully saturated rings. The van der Waals surface area contributed by atoms with Gasteiger partial charge in [0.2, 0.25) is 5.91 Å². The molecular weight excluding hydrogens is 436 g/mol. The van der Waals surface area contributed by atoms with Gasteiger partial charge >= 0.3 is 0 Å². The lowest BCUT2D eigenvalue weighted by Crippen LogP contribution is -2.43. The summed E-state index contributed by atoms with van der Waals surface area (Å²) in [5.74, 6) is -0.0210. The molecule has 1 aliphatic rings. The molecule has 7 nitrogen and oxygen atoms in total. The van der Waals surface area contributed by atoms with Crippen molar-refractivity contribution in [2.45, 2.75) is 66.5 Å². The lowest BCUT2D eigenvalue weighted by atomic mass is 9.89. The fraction of sp³-hybridized carbons (Fsp3) is 0.429. The number of allylic oxidation sites excluding steroid dienone is 5. The molecule has 0 aromatic carbocycles. The van der Waals surface area contributed by atoms with Crippen molar-refractivity contribution in [1.82, 2.24) is 20.9 Å². The van der Waals surface area contributed by atoms with Crippen LogP contribution in [0.3, 0.4) is 0 Å². The number of hydrogen-bond donors (Lipinski definition) is 5. The van der Waals surface area contributed by atoms with Gasteiger partial charge in [-0.3, -0.25) is 9.78 Å². The second-order valence-electron chi connectivity index (χ2n) is 8.79. The van der Waals surface area contributed by atoms with Crippen LogP contribution in [-0.2, 0) is 11.2 Å². The molecule has 1 amide bonds. The van der Waals surface area contributed by atoms with E-state index in [-0.39, 0.29) is 12.1 Å². The molecule has 0 radical (unpaired) electrons. The zero-order valence-corrected chi connectivity index (χ0v) is 21.9. The molecule has 2 heterocycles. The molecule has 0 aliphatic carbocycles. The van der Waals surface area contributed by atoms with Crippen molar-refractivity contribution in [3.8, 4) is 0 Å². The summed E-state index contributed by atoms with van der Waals surface area (Å²) < 4.78 is 0. The number of nitrogens with two attached hydrogens (primary N) is 2. The molecule has 7 heteroatoms. The van der Waals surface area contributed by atoms with E-state index in [1.54, 1.807) is 6.08 Å². The van der Waals surface area contributed by atoms with Gasteiger partial charge in [-0.15, -0.1) is 0 Å². The maximum absolute atomic E-state index is 12.4. The quantitative estimate of drug-likeness (QED) is 0.292. The van der Waals surface area contributed by atoms with Gasteiger partial charge < -0.3 is 27.4 Å². The maximum Gasteiger partial charge on any atom is 0.223 e. The van der Waals surface area contributed by atoms with E-state index < -0.39 is 0 Å². The Hall–Kier alpha value is -3.32. The molecule has 7 N–H and O–H groups in total. The Morgan fingerprint density at radius 3 is 2.60 bits per heavy atom. The molecule has 0 spiro atoms. The summed E-state index contributed by atoms with van der Waals surface area (Å²) in [6.07, 6.45) is 12.7. The van der Waals surface area contributed by atoms with Gasteiger partial charge in [0.1, 0.15) is 6.17 Å². The monoisotopic (exact) mass is 478 g/mol. The van der Waals surface area contributed by atoms with Crippen LogP contribution in [0.2, 0.25) is 0 Å². The van der Waals surface area contributed by atoms with Gasteiger partial charge in [-0.1, -0.05) is 45.1 Å². The third-order valence-corrected chi connectivity index (χ3v) is 6.03. The molecule has 0 saturated carbocycles. The average Bonchev–Trinajstić information content (AvgIpc) is 3.26. The van der Waals surface area contributed by atoms with Crippen LogP contribution in [0.5, 0.6) is 0 Å². The van der Waals surface area contributed by atoms with Gasteiger partial charge in [0.05, 0.1) is 12.2 Å². The summed E-state index contributed by atoms with van der Waals surface area (Å²) in [4.78, 5) is 17.4. The molecule has 1 atom stereocenters. The Bertz CT molecular complexity index is 1050. The van der Waals surface area contributed by atoms with Crippen molar-refractivity contribution >= 4 is 17.1 Å². The first-order valence-corrected chi connectivity index (χ1v) is 12.4. The van der Waals surface area contributed by atoms with E-state index in [1.165, 1.54) is 5.56 Å². The molecule has 0 bridgehead atoms. The van der Waals surface area contributed by atoms with Crippen LogP contribution < -0.4 is 27.4 Å². The van der Waals surface area contributed by atoms with E-state index in [0.29, 0.717) is 25.2 Å². The highest BCUT2D eigenvalue weighted by Gasteiger charge is 2.19. The number of carbonyl (C=O) groups excluding carboxylic acids is 1. The van der Waals surface area contributed by atoms with Crippen molar-refractivity contribution in [3.05, 3.63) is 76.6 Å². The van der Waals surface area contributed by atoms with Gasteiger partial charge in [-0.05, 0) is 62.0 Å². The second kappa shape index (κ2) is 13.5. The van der Waals surface area contributed by atoms with Crippen LogP contribution in [0, 0.1) is 13.8 Å². The minimum atomic E-state index is -0.0210. The Balaban J connectivity index is 2.31. The standard InChI is InChI=1S/C28H42N6O/c1-7-11-21(13-10-14-26(35)32-17-25-31-16-18(4)33-25)28-22(12-8-2)19(5)27(20(6)34-28)23(15-29)24(30)9-3/h9-11,13,16,25,31,33H,3,7-8,12,14-15,17,29-30H2,1-2,4-6H3,(H,32,35)/b13-10-,21-11+,24-23+. The molecule has 2 rings (SSSR count). The number of nitrogens with one attached hydrogen (secondary N) is 3. The highest BCUT2D eigenvalue weighted by molar-refractivity contribution is 5.82. The van der Waals surface area contributed by atoms with Gasteiger partial charge in [0.25, 0.3) is 0 Å². The van der Waals surface area contributed by atoms with E-state index in [9.17, 15) is 4.79 Å². The summed E-state index contributed by atoms with van der Waals surface area (Å²) in [6, 6.07) is 0. The van der Waals surface area contributed by atoms with Gasteiger partial charge in [-0.2, -0.15) is 0 Å². The highest BCUT2D eigenvalue weighted by atomic mass is 16.1. The number of aromatic nitrogens is 1. The number of rotatable bonds is 12. The molecular formula is C28H42N6O. The smallest absolute Gasteiger partial charge is 0.223 e. The van der Waals surface area contributed by atoms with Crippen molar-refractivity contribution in [3.63, 3.8) is 0 Å². The van der Waals surface area contributed by atoms with Crippen molar-refractivity contribution in [1.29, 1.82) is 0 Å². The summed E-state index contributed by atoms with van der Waals surface area (Å²) in [5, 5.41) is 9.40. The predicted molar refractivity (Wildman–Crippen MR) is 147 cm³/mol. The zero-order chi connectivity index (χ0) is 26.0. The Morgan fingerprint density at radius 2 is 2.03 bits per heavy atom. The molecule has 1 aromatic heterocycles. The minimum absolute atomic E-state index is 0.0210. The minimum Gasteiger partial charge on any atom is -0.398 e. The molecule has 35 heavy (non-hydrogen) atoms. The summed E-state index contributed by atoms with van der Waals surface area (Å²) >= 11 is 0. The predicted octanol–water partition coefficient (Wildman–Crippen LogP) is 3.70. The Kier molecular flexibility index (Phi) is 10.8. The Morgan fingerprint density at radius 1 is 1.29 bits per heavy atom. The van der Waals surface area contributed by atoms with Gasteiger partial charge in [0, 0.05) is 41.8 Å². The van der Waals surface area contributed by atoms with E-state index >= 15 is 0 Å². The SMILES string of the molecule is C=C/C(N)=C(/CN)c1c(C)nc(C(/C=C\CC(=O)NCC2NC=C(C)N2)=C/CC)c(CCC)c1C. The van der Waals surface area contributed by atoms with Crippen LogP contribution >= 0.6 is 0 Å². The molecule has 1 aromatic rings. The fourth-order valence-electron chi connectivity index (χ4n) is 4.36. The van der Waals surface area contributed by atoms with E-state index in [1.807, 2.05) is 32.2 Å². The lowest BCUT2D eigenvalue weighted by Gasteiger charge is -2.21. The summed E-state index contributed by atoms with van der Waals surface area (Å²) in [7, 11) is 0. The largest absolute Gasteiger partial charge is 0.398 e. The van der Waals surface area contributed by atoms with Crippen molar-refractivity contribution in [2.24, 2.45) is 11.5 Å². The van der Waals surface area contributed by atoms with E-state index in [4.69, 9.17) is 16.5 Å². The first kappa shape index (κ1) is 27.9. The lowest BCUT2D eigenvalue weighted by molar-refractivity contribution is -0.120. The number of nitrogens with zero attached hydrogens (tertiary/aromatic N) is 1. The van der Waals surface area contributed by atoms with Crippen molar-refractivity contribution < 1.29 is 4.79 Å². The van der Waals surface area contributed by atoms with Crippen LogP contribution in [0.4, 0.5) is 0 Å². The topological polar surface area (TPSA) is 118 Å². The van der Waals surface area contributed by atoms with Crippen molar-refractivity contribution in [2.75, 3.05) is 13.1 Å². The summed E-state index contributed by atoms with van der Waals surface area (Å²) in [5.41, 5.74) is 21.0. The first-order chi connectivity index (χ1) is 16.8. The van der Waals surface area contributed by atoms with Gasteiger partial charge in [-0.25, -0.2) is 0 Å². The number of carbonyl (C=O) groups is 1. The molecule has 1 unspecified atom stereocenters. The zero-order valence-electron chi connectivity index (χ0n) is 21.9. The second-order valence-corrected chi connectivity index (χ2v) is 8.79. The fourth-order valence-corrected chi connectivity index (χ4v) is 4.36. The number of aryl methyl sites for hydroxylation is 1. The summed E-state index contributed by atoms with van der Waals surface area (Å²) in [6.45, 7) is 15.0. The average molecular weight is 479 g/mol. The van der Waals surface area contributed by atoms with Crippen LogP contribution in [0.1, 0.15) is 68.1 Å². The third-order valence-electron chi connectivity index (χ3n) is 6.03. The maximum atomic E-state index is 12.4. The Labute approximate surface area is 210 Å². The van der Waals surface area contributed by atoms with Crippen LogP contribution in [-0.4, -0.2) is 30.1 Å². The van der Waals surface area contributed by atoms with E-state index in [2.05, 4.69) is 49.4 Å². The van der Waals surface area contributed by atoms with Crippen LogP contribution in [0.15, 0.2) is 48.5 Å². The molecule has 190 valence electrons. The van der Waals surface area contributed by atoms with Crippen LogP contribution in [0.25, 0.3) is 11.1 Å². The molecule has 0 saturated heterocycles. The first-order valence-electron chi connectivity index (χ1n) is 12.4. The third kappa shape index (κ3) is 7.33. The number of pyridine rings is 1. The van der Waals surface area contributed by atoms with Gasteiger partial charge in [0.15, 0.2) is 0 Å².